The zero-order valence-corrected chi connectivity index (χ0v) is 10.1. The second-order valence-corrected chi connectivity index (χ2v) is 4.19. The molecule has 0 saturated carbocycles. The highest BCUT2D eigenvalue weighted by Gasteiger charge is 2.86. The Morgan fingerprint density at radius 1 is 0.714 bits per heavy atom. The van der Waals surface area contributed by atoms with Gasteiger partial charge in [0.2, 0.25) is 0 Å². The van der Waals surface area contributed by atoms with Gasteiger partial charge in [0, 0.05) is 6.42 Å². The summed E-state index contributed by atoms with van der Waals surface area (Å²) in [4.78, 5) is 0. The molecule has 0 radical (unpaired) electrons. The molecule has 12 heteroatoms. The summed E-state index contributed by atoms with van der Waals surface area (Å²) in [6, 6.07) is 0. The fourth-order valence-corrected chi connectivity index (χ4v) is 1.17. The molecule has 1 N–H and O–H groups in total. The summed E-state index contributed by atoms with van der Waals surface area (Å²) in [7, 11) is 0. The quantitative estimate of drug-likeness (QED) is 0.716. The van der Waals surface area contributed by atoms with Gasteiger partial charge in [0.05, 0.1) is 6.10 Å². The van der Waals surface area contributed by atoms with Crippen LogP contribution in [0.15, 0.2) is 0 Å². The molecule has 0 spiro atoms. The SMILES string of the molecule is CCC(O)CC(F)(F)C(F)(F)C(F)(F)C(F)(F)C(F)(F)F. The van der Waals surface area contributed by atoms with Crippen molar-refractivity contribution in [3.05, 3.63) is 0 Å². The molecule has 0 heterocycles. The van der Waals surface area contributed by atoms with E-state index in [2.05, 4.69) is 0 Å². The number of hydrogen-bond acceptors (Lipinski definition) is 1. The molecule has 0 bridgehead atoms. The van der Waals surface area contributed by atoms with Crippen molar-refractivity contribution in [2.75, 3.05) is 0 Å². The molecular weight excluding hydrogens is 333 g/mol. The molecule has 0 aliphatic carbocycles. The Bertz CT molecular complexity index is 359. The molecule has 128 valence electrons. The van der Waals surface area contributed by atoms with Crippen LogP contribution >= 0.6 is 0 Å². The third-order valence-corrected chi connectivity index (χ3v) is 2.57. The number of aliphatic hydroxyl groups excluding tert-OH is 1. The lowest BCUT2D eigenvalue weighted by molar-refractivity contribution is -0.423. The first kappa shape index (κ1) is 20.2. The smallest absolute Gasteiger partial charge is 0.393 e. The van der Waals surface area contributed by atoms with Crippen LogP contribution in [0.4, 0.5) is 48.3 Å². The minimum Gasteiger partial charge on any atom is -0.393 e. The molecule has 0 fully saturated rings. The molecule has 0 aromatic rings. The van der Waals surface area contributed by atoms with Crippen molar-refractivity contribution >= 4 is 0 Å². The van der Waals surface area contributed by atoms with Crippen molar-refractivity contribution in [2.45, 2.75) is 55.7 Å². The number of alkyl halides is 11. The lowest BCUT2D eigenvalue weighted by atomic mass is 9.94. The fourth-order valence-electron chi connectivity index (χ4n) is 1.17. The first-order valence-corrected chi connectivity index (χ1v) is 5.21. The predicted molar refractivity (Wildman–Crippen MR) is 46.8 cm³/mol. The lowest BCUT2D eigenvalue weighted by Crippen LogP contribution is -2.66. The number of hydrogen-bond donors (Lipinski definition) is 1. The lowest BCUT2D eigenvalue weighted by Gasteiger charge is -2.37. The summed E-state index contributed by atoms with van der Waals surface area (Å²) >= 11 is 0. The van der Waals surface area contributed by atoms with Crippen molar-refractivity contribution in [3.63, 3.8) is 0 Å². The summed E-state index contributed by atoms with van der Waals surface area (Å²) in [5.41, 5.74) is 0. The molecule has 0 aromatic heterocycles. The van der Waals surface area contributed by atoms with Gasteiger partial charge in [-0.3, -0.25) is 0 Å². The van der Waals surface area contributed by atoms with Gasteiger partial charge in [-0.15, -0.1) is 0 Å². The van der Waals surface area contributed by atoms with Crippen LogP contribution in [-0.2, 0) is 0 Å². The molecule has 21 heavy (non-hydrogen) atoms. The second-order valence-electron chi connectivity index (χ2n) is 4.19. The third-order valence-electron chi connectivity index (χ3n) is 2.57. The van der Waals surface area contributed by atoms with Gasteiger partial charge in [-0.05, 0) is 6.42 Å². The van der Waals surface area contributed by atoms with Gasteiger partial charge >= 0.3 is 29.9 Å². The summed E-state index contributed by atoms with van der Waals surface area (Å²) in [6.45, 7) is 0.974. The van der Waals surface area contributed by atoms with E-state index in [9.17, 15) is 48.3 Å². The molecule has 0 rings (SSSR count). The molecule has 0 amide bonds. The average molecular weight is 342 g/mol. The Morgan fingerprint density at radius 2 is 1.10 bits per heavy atom. The minimum absolute atomic E-state index is 0.632. The highest BCUT2D eigenvalue weighted by molar-refractivity contribution is 5.06. The van der Waals surface area contributed by atoms with Crippen LogP contribution < -0.4 is 0 Å². The van der Waals surface area contributed by atoms with Gasteiger partial charge in [0.25, 0.3) is 0 Å². The summed E-state index contributed by atoms with van der Waals surface area (Å²) in [6.07, 6.45) is -12.5. The summed E-state index contributed by atoms with van der Waals surface area (Å²) in [5.74, 6) is -27.8. The molecule has 1 atom stereocenters. The molecule has 0 aromatic carbocycles. The van der Waals surface area contributed by atoms with Gasteiger partial charge in [-0.1, -0.05) is 6.92 Å². The van der Waals surface area contributed by atoms with Crippen molar-refractivity contribution in [1.82, 2.24) is 0 Å². The highest BCUT2D eigenvalue weighted by Crippen LogP contribution is 2.58. The van der Waals surface area contributed by atoms with Crippen LogP contribution in [0.1, 0.15) is 19.8 Å². The summed E-state index contributed by atoms with van der Waals surface area (Å²) in [5, 5.41) is 8.72. The van der Waals surface area contributed by atoms with Crippen molar-refractivity contribution in [1.29, 1.82) is 0 Å². The topological polar surface area (TPSA) is 20.2 Å². The molecule has 1 unspecified atom stereocenters. The van der Waals surface area contributed by atoms with E-state index < -0.39 is 48.8 Å². The zero-order chi connectivity index (χ0) is 17.5. The molecular formula is C9H9F11O. The van der Waals surface area contributed by atoms with Gasteiger partial charge in [0.15, 0.2) is 0 Å². The number of aliphatic hydroxyl groups is 1. The Morgan fingerprint density at radius 3 is 1.38 bits per heavy atom. The van der Waals surface area contributed by atoms with E-state index in [-0.39, 0.29) is 0 Å². The van der Waals surface area contributed by atoms with Gasteiger partial charge < -0.3 is 5.11 Å². The minimum atomic E-state index is -7.41. The van der Waals surface area contributed by atoms with E-state index in [0.29, 0.717) is 0 Å². The molecule has 0 saturated heterocycles. The normalized spacial score (nSPS) is 17.0. The Labute approximate surface area is 110 Å². The Hall–Kier alpha value is -0.810. The first-order valence-electron chi connectivity index (χ1n) is 5.21. The molecule has 0 aliphatic heterocycles. The molecule has 0 aliphatic rings. The van der Waals surface area contributed by atoms with E-state index in [0.717, 1.165) is 6.92 Å². The maximum Gasteiger partial charge on any atom is 0.460 e. The summed E-state index contributed by atoms with van der Waals surface area (Å²) < 4.78 is 137. The number of halogens is 11. The molecule has 1 nitrogen and oxygen atoms in total. The Balaban J connectivity index is 5.77. The number of rotatable bonds is 6. The van der Waals surface area contributed by atoms with E-state index in [1.807, 2.05) is 0 Å². The van der Waals surface area contributed by atoms with Gasteiger partial charge in [0.1, 0.15) is 0 Å². The largest absolute Gasteiger partial charge is 0.460 e. The van der Waals surface area contributed by atoms with Crippen LogP contribution in [0.2, 0.25) is 0 Å². The van der Waals surface area contributed by atoms with Gasteiger partial charge in [-0.25, -0.2) is 0 Å². The van der Waals surface area contributed by atoms with E-state index in [4.69, 9.17) is 5.11 Å². The van der Waals surface area contributed by atoms with Crippen LogP contribution in [0.25, 0.3) is 0 Å². The Kier molecular flexibility index (Phi) is 5.22. The van der Waals surface area contributed by atoms with Crippen LogP contribution in [0.3, 0.4) is 0 Å². The maximum atomic E-state index is 13.0. The van der Waals surface area contributed by atoms with Crippen LogP contribution in [0.5, 0.6) is 0 Å². The fraction of sp³-hybridized carbons (Fsp3) is 1.00. The van der Waals surface area contributed by atoms with Gasteiger partial charge in [-0.2, -0.15) is 48.3 Å². The maximum absolute atomic E-state index is 13.0. The highest BCUT2D eigenvalue weighted by atomic mass is 19.4. The standard InChI is InChI=1S/C9H9F11O/c1-2-4(21)3-5(10,11)6(12,13)7(14,15)8(16,17)9(18,19)20/h4,21H,2-3H2,1H3. The van der Waals surface area contributed by atoms with E-state index in [1.165, 1.54) is 0 Å². The van der Waals surface area contributed by atoms with Crippen LogP contribution in [0, 0.1) is 0 Å². The van der Waals surface area contributed by atoms with Crippen molar-refractivity contribution < 1.29 is 53.4 Å². The second kappa shape index (κ2) is 5.43. The monoisotopic (exact) mass is 342 g/mol. The average Bonchev–Trinajstić information content (AvgIpc) is 2.25. The van der Waals surface area contributed by atoms with E-state index >= 15 is 0 Å². The van der Waals surface area contributed by atoms with Crippen molar-refractivity contribution in [2.24, 2.45) is 0 Å². The predicted octanol–water partition coefficient (Wildman–Crippen LogP) is 4.25. The first-order chi connectivity index (χ1) is 8.95. The van der Waals surface area contributed by atoms with Crippen LogP contribution in [-0.4, -0.2) is 41.1 Å². The zero-order valence-electron chi connectivity index (χ0n) is 10.1. The third kappa shape index (κ3) is 3.19. The van der Waals surface area contributed by atoms with Crippen molar-refractivity contribution in [3.8, 4) is 0 Å². The van der Waals surface area contributed by atoms with E-state index in [1.54, 1.807) is 0 Å².